The van der Waals surface area contributed by atoms with Crippen molar-refractivity contribution in [3.05, 3.63) is 0 Å². The Labute approximate surface area is 147 Å². The highest BCUT2D eigenvalue weighted by Crippen LogP contribution is 2.17. The van der Waals surface area contributed by atoms with Crippen LogP contribution in [0.2, 0.25) is 0 Å². The van der Waals surface area contributed by atoms with Crippen LogP contribution in [0.1, 0.15) is 26.7 Å². The van der Waals surface area contributed by atoms with E-state index in [1.54, 1.807) is 0 Å². The van der Waals surface area contributed by atoms with Crippen LogP contribution in [-0.2, 0) is 4.79 Å². The molecule has 2 fully saturated rings. The molecular formula is C15H32Cl2N4O. The number of hydrogen-bond donors (Lipinski definition) is 2. The SMILES string of the molecule is CC(C)N1CCC(CNC(=O)CN2CCNCC2)CC1.Cl.Cl. The Morgan fingerprint density at radius 3 is 2.27 bits per heavy atom. The molecule has 0 aromatic heterocycles. The highest BCUT2D eigenvalue weighted by atomic mass is 35.5. The number of halogens is 2. The zero-order valence-corrected chi connectivity index (χ0v) is 15.5. The van der Waals surface area contributed by atoms with Crippen LogP contribution >= 0.6 is 24.8 Å². The highest BCUT2D eigenvalue weighted by molar-refractivity contribution is 5.85. The van der Waals surface area contributed by atoms with Crippen molar-refractivity contribution in [3.63, 3.8) is 0 Å². The average molecular weight is 355 g/mol. The second-order valence-electron chi connectivity index (χ2n) is 6.40. The molecule has 0 atom stereocenters. The van der Waals surface area contributed by atoms with Crippen LogP contribution in [0.5, 0.6) is 0 Å². The topological polar surface area (TPSA) is 47.6 Å². The van der Waals surface area contributed by atoms with Crippen LogP contribution in [-0.4, -0.2) is 74.1 Å². The third kappa shape index (κ3) is 7.47. The van der Waals surface area contributed by atoms with E-state index in [-0.39, 0.29) is 30.7 Å². The predicted molar refractivity (Wildman–Crippen MR) is 96.2 cm³/mol. The Bertz CT molecular complexity index is 304. The van der Waals surface area contributed by atoms with Crippen molar-refractivity contribution in [1.82, 2.24) is 20.4 Å². The van der Waals surface area contributed by atoms with Crippen LogP contribution in [0, 0.1) is 5.92 Å². The van der Waals surface area contributed by atoms with Gasteiger partial charge in [-0.15, -0.1) is 24.8 Å². The molecule has 0 aliphatic carbocycles. The van der Waals surface area contributed by atoms with Crippen LogP contribution in [0.4, 0.5) is 0 Å². The molecule has 2 N–H and O–H groups in total. The molecule has 2 aliphatic rings. The summed E-state index contributed by atoms with van der Waals surface area (Å²) < 4.78 is 0. The summed E-state index contributed by atoms with van der Waals surface area (Å²) in [7, 11) is 0. The molecule has 0 aromatic carbocycles. The molecule has 2 saturated heterocycles. The molecule has 2 rings (SSSR count). The van der Waals surface area contributed by atoms with Crippen LogP contribution < -0.4 is 10.6 Å². The molecular weight excluding hydrogens is 323 g/mol. The van der Waals surface area contributed by atoms with E-state index in [2.05, 4.69) is 34.3 Å². The first kappa shape index (κ1) is 21.9. The molecule has 2 aliphatic heterocycles. The molecule has 22 heavy (non-hydrogen) atoms. The van der Waals surface area contributed by atoms with Gasteiger partial charge in [-0.25, -0.2) is 0 Å². The van der Waals surface area contributed by atoms with Crippen molar-refractivity contribution in [2.24, 2.45) is 5.92 Å². The Hall–Kier alpha value is -0.0700. The van der Waals surface area contributed by atoms with E-state index in [1.165, 1.54) is 25.9 Å². The average Bonchev–Trinajstić information content (AvgIpc) is 2.46. The molecule has 1 amide bonds. The number of likely N-dealkylation sites (tertiary alicyclic amines) is 1. The minimum absolute atomic E-state index is 0. The lowest BCUT2D eigenvalue weighted by Gasteiger charge is -2.34. The number of carbonyl (C=O) groups excluding carboxylic acids is 1. The number of hydrogen-bond acceptors (Lipinski definition) is 4. The normalized spacial score (nSPS) is 21.0. The summed E-state index contributed by atoms with van der Waals surface area (Å²) in [4.78, 5) is 16.7. The van der Waals surface area contributed by atoms with Gasteiger partial charge in [-0.3, -0.25) is 9.69 Å². The van der Waals surface area contributed by atoms with Crippen molar-refractivity contribution >= 4 is 30.7 Å². The van der Waals surface area contributed by atoms with Gasteiger partial charge in [0.05, 0.1) is 6.54 Å². The maximum atomic E-state index is 11.9. The van der Waals surface area contributed by atoms with Crippen molar-refractivity contribution in [1.29, 1.82) is 0 Å². The molecule has 0 aromatic rings. The molecule has 2 heterocycles. The molecule has 7 heteroatoms. The summed E-state index contributed by atoms with van der Waals surface area (Å²) in [6.07, 6.45) is 2.43. The fourth-order valence-corrected chi connectivity index (χ4v) is 3.06. The monoisotopic (exact) mass is 354 g/mol. The molecule has 0 saturated carbocycles. The van der Waals surface area contributed by atoms with Gasteiger partial charge in [0.1, 0.15) is 0 Å². The Kier molecular flexibility index (Phi) is 11.4. The summed E-state index contributed by atoms with van der Waals surface area (Å²) in [6.45, 7) is 12.3. The largest absolute Gasteiger partial charge is 0.355 e. The van der Waals surface area contributed by atoms with Crippen LogP contribution in [0.15, 0.2) is 0 Å². The molecule has 0 unspecified atom stereocenters. The van der Waals surface area contributed by atoms with E-state index >= 15 is 0 Å². The van der Waals surface area contributed by atoms with E-state index in [4.69, 9.17) is 0 Å². The number of rotatable bonds is 5. The summed E-state index contributed by atoms with van der Waals surface area (Å²) in [5.74, 6) is 0.857. The van der Waals surface area contributed by atoms with Gasteiger partial charge in [-0.05, 0) is 45.7 Å². The number of nitrogens with one attached hydrogen (secondary N) is 2. The quantitative estimate of drug-likeness (QED) is 0.772. The lowest BCUT2D eigenvalue weighted by atomic mass is 9.96. The number of piperidine rings is 1. The van der Waals surface area contributed by atoms with Crippen LogP contribution in [0.3, 0.4) is 0 Å². The summed E-state index contributed by atoms with van der Waals surface area (Å²) in [5, 5.41) is 6.43. The molecule has 132 valence electrons. The van der Waals surface area contributed by atoms with Crippen LogP contribution in [0.25, 0.3) is 0 Å². The van der Waals surface area contributed by atoms with Gasteiger partial charge in [0.15, 0.2) is 0 Å². The summed E-state index contributed by atoms with van der Waals surface area (Å²) in [5.41, 5.74) is 0. The van der Waals surface area contributed by atoms with E-state index in [1.807, 2.05) is 0 Å². The van der Waals surface area contributed by atoms with Crippen molar-refractivity contribution in [2.45, 2.75) is 32.7 Å². The summed E-state index contributed by atoms with van der Waals surface area (Å²) >= 11 is 0. The lowest BCUT2D eigenvalue weighted by molar-refractivity contribution is -0.122. The molecule has 0 bridgehead atoms. The summed E-state index contributed by atoms with van der Waals surface area (Å²) in [6, 6.07) is 0.651. The molecule has 5 nitrogen and oxygen atoms in total. The zero-order valence-electron chi connectivity index (χ0n) is 13.8. The maximum absolute atomic E-state index is 11.9. The molecule has 0 radical (unpaired) electrons. The number of piperazine rings is 1. The molecule has 0 spiro atoms. The first-order valence-corrected chi connectivity index (χ1v) is 8.09. The standard InChI is InChI=1S/C15H30N4O.2ClH/c1-13(2)19-7-3-14(4-8-19)11-17-15(20)12-18-9-5-16-6-10-18;;/h13-14,16H,3-12H2,1-2H3,(H,17,20);2*1H. The Morgan fingerprint density at radius 1 is 1.14 bits per heavy atom. The van der Waals surface area contributed by atoms with Gasteiger partial charge in [0.2, 0.25) is 5.91 Å². The van der Waals surface area contributed by atoms with Crippen molar-refractivity contribution < 1.29 is 4.79 Å². The Balaban J connectivity index is 0.00000220. The number of nitrogens with zero attached hydrogens (tertiary/aromatic N) is 2. The van der Waals surface area contributed by atoms with E-state index in [0.29, 0.717) is 18.5 Å². The second-order valence-corrected chi connectivity index (χ2v) is 6.40. The number of amides is 1. The first-order chi connectivity index (χ1) is 9.65. The maximum Gasteiger partial charge on any atom is 0.234 e. The fourth-order valence-electron chi connectivity index (χ4n) is 3.06. The van der Waals surface area contributed by atoms with Gasteiger partial charge in [0.25, 0.3) is 0 Å². The predicted octanol–water partition coefficient (Wildman–Crippen LogP) is 0.972. The van der Waals surface area contributed by atoms with Crippen molar-refractivity contribution in [3.8, 4) is 0 Å². The third-order valence-electron chi connectivity index (χ3n) is 4.54. The minimum Gasteiger partial charge on any atom is -0.355 e. The van der Waals surface area contributed by atoms with Crippen molar-refractivity contribution in [2.75, 3.05) is 52.4 Å². The van der Waals surface area contributed by atoms with E-state index in [9.17, 15) is 4.79 Å². The zero-order chi connectivity index (χ0) is 14.4. The van der Waals surface area contributed by atoms with Gasteiger partial charge < -0.3 is 15.5 Å². The van der Waals surface area contributed by atoms with E-state index < -0.39 is 0 Å². The highest BCUT2D eigenvalue weighted by Gasteiger charge is 2.21. The number of carbonyl (C=O) groups is 1. The smallest absolute Gasteiger partial charge is 0.234 e. The lowest BCUT2D eigenvalue weighted by Crippen LogP contribution is -2.48. The minimum atomic E-state index is 0. The second kappa shape index (κ2) is 11.5. The van der Waals surface area contributed by atoms with E-state index in [0.717, 1.165) is 32.7 Å². The van der Waals surface area contributed by atoms with Gasteiger partial charge in [-0.1, -0.05) is 0 Å². The van der Waals surface area contributed by atoms with Gasteiger partial charge in [0, 0.05) is 38.8 Å². The fraction of sp³-hybridized carbons (Fsp3) is 0.933. The Morgan fingerprint density at radius 2 is 1.73 bits per heavy atom. The third-order valence-corrected chi connectivity index (χ3v) is 4.54. The van der Waals surface area contributed by atoms with Gasteiger partial charge >= 0.3 is 0 Å². The van der Waals surface area contributed by atoms with Gasteiger partial charge in [-0.2, -0.15) is 0 Å². The first-order valence-electron chi connectivity index (χ1n) is 8.09.